The molecule has 4 aromatic carbocycles. The first-order chi connectivity index (χ1) is 15.7. The van der Waals surface area contributed by atoms with Gasteiger partial charge in [0.15, 0.2) is 0 Å². The second-order valence-corrected chi connectivity index (χ2v) is 9.63. The highest BCUT2D eigenvalue weighted by molar-refractivity contribution is 6.03. The van der Waals surface area contributed by atoms with Crippen molar-refractivity contribution in [3.8, 4) is 5.75 Å². The Bertz CT molecular complexity index is 1280. The van der Waals surface area contributed by atoms with Gasteiger partial charge >= 0.3 is 0 Å². The van der Waals surface area contributed by atoms with Crippen LogP contribution in [0.1, 0.15) is 43.4 Å². The van der Waals surface area contributed by atoms with Crippen LogP contribution in [0.5, 0.6) is 5.75 Å². The molecule has 0 radical (unpaired) electrons. The third-order valence-electron chi connectivity index (χ3n) is 7.05. The number of rotatable bonds is 4. The average Bonchev–Trinajstić information content (AvgIpc) is 3.31. The zero-order chi connectivity index (χ0) is 21.7. The van der Waals surface area contributed by atoms with Gasteiger partial charge in [-0.2, -0.15) is 0 Å². The van der Waals surface area contributed by atoms with Gasteiger partial charge in [0.2, 0.25) is 0 Å². The molecule has 0 aromatic heterocycles. The lowest BCUT2D eigenvalue weighted by Crippen LogP contribution is -2.30. The highest BCUT2D eigenvalue weighted by atomic mass is 16.5. The summed E-state index contributed by atoms with van der Waals surface area (Å²) in [4.78, 5) is 0. The van der Waals surface area contributed by atoms with Gasteiger partial charge in [0.25, 0.3) is 0 Å². The molecule has 4 aromatic rings. The molecular weight excluding hydrogens is 390 g/mol. The lowest BCUT2D eigenvalue weighted by molar-refractivity contribution is 0.270. The Morgan fingerprint density at radius 1 is 0.906 bits per heavy atom. The van der Waals surface area contributed by atoms with Crippen LogP contribution in [0.15, 0.2) is 84.9 Å². The molecule has 6 rings (SSSR count). The molecule has 2 heteroatoms. The van der Waals surface area contributed by atoms with E-state index in [1.807, 2.05) is 0 Å². The van der Waals surface area contributed by atoms with E-state index in [2.05, 4.69) is 104 Å². The molecule has 160 valence electrons. The van der Waals surface area contributed by atoms with Gasteiger partial charge in [0, 0.05) is 5.92 Å². The lowest BCUT2D eigenvalue weighted by atomic mass is 9.75. The third kappa shape index (κ3) is 3.09. The fourth-order valence-electron chi connectivity index (χ4n) is 5.64. The molecule has 0 bridgehead atoms. The largest absolute Gasteiger partial charge is 0.491 e. The van der Waals surface area contributed by atoms with E-state index in [-0.39, 0.29) is 6.04 Å². The number of nitrogens with one attached hydrogen (secondary N) is 1. The highest BCUT2D eigenvalue weighted by Crippen LogP contribution is 2.54. The first-order valence-electron chi connectivity index (χ1n) is 11.8. The predicted octanol–water partition coefficient (Wildman–Crippen LogP) is 7.85. The molecule has 1 heterocycles. The maximum atomic E-state index is 6.29. The predicted molar refractivity (Wildman–Crippen MR) is 135 cm³/mol. The number of fused-ring (bicyclic) bond motifs is 5. The molecule has 0 amide bonds. The molecule has 1 aliphatic heterocycles. The molecular formula is C30H29NO. The normalized spacial score (nSPS) is 21.5. The maximum Gasteiger partial charge on any atom is 0.142 e. The standard InChI is InChI=1S/C30H29NO/c1-19(2)18-32-27-16-8-15-25-24-13-7-14-26(24)30(31-29(25)27)28-22-11-5-3-9-20(22)17-21-10-4-6-12-23(21)28/h3-13,15-17,19,24,26,30-31H,14,18H2,1-2H3. The summed E-state index contributed by atoms with van der Waals surface area (Å²) in [7, 11) is 0. The third-order valence-corrected chi connectivity index (χ3v) is 7.05. The van der Waals surface area contributed by atoms with Crippen LogP contribution in [0, 0.1) is 11.8 Å². The van der Waals surface area contributed by atoms with Crippen molar-refractivity contribution in [2.45, 2.75) is 32.2 Å². The molecule has 3 atom stereocenters. The molecule has 32 heavy (non-hydrogen) atoms. The van der Waals surface area contributed by atoms with Crippen molar-refractivity contribution in [3.63, 3.8) is 0 Å². The monoisotopic (exact) mass is 419 g/mol. The van der Waals surface area contributed by atoms with Gasteiger partial charge in [-0.25, -0.2) is 0 Å². The number of allylic oxidation sites excluding steroid dienone is 2. The molecule has 2 nitrogen and oxygen atoms in total. The summed E-state index contributed by atoms with van der Waals surface area (Å²) in [6.07, 6.45) is 5.88. The molecule has 2 aliphatic rings. The van der Waals surface area contributed by atoms with E-state index in [0.717, 1.165) is 18.8 Å². The van der Waals surface area contributed by atoms with Gasteiger partial charge in [-0.1, -0.05) is 86.7 Å². The SMILES string of the molecule is CC(C)COc1cccc2c1NC(c1c3ccccc3cc3ccccc13)C1CC=CC21. The van der Waals surface area contributed by atoms with Gasteiger partial charge in [-0.15, -0.1) is 0 Å². The van der Waals surface area contributed by atoms with Gasteiger partial charge < -0.3 is 10.1 Å². The minimum absolute atomic E-state index is 0.224. The van der Waals surface area contributed by atoms with Gasteiger partial charge in [0.05, 0.1) is 18.3 Å². The Morgan fingerprint density at radius 2 is 1.62 bits per heavy atom. The van der Waals surface area contributed by atoms with Crippen LogP contribution in [-0.2, 0) is 0 Å². The maximum absolute atomic E-state index is 6.29. The summed E-state index contributed by atoms with van der Waals surface area (Å²) >= 11 is 0. The molecule has 0 fully saturated rings. The fourth-order valence-corrected chi connectivity index (χ4v) is 5.64. The summed E-state index contributed by atoms with van der Waals surface area (Å²) in [6.45, 7) is 5.12. The van der Waals surface area contributed by atoms with Crippen molar-refractivity contribution in [1.29, 1.82) is 0 Å². The van der Waals surface area contributed by atoms with Gasteiger partial charge in [-0.3, -0.25) is 0 Å². The minimum atomic E-state index is 0.224. The zero-order valence-corrected chi connectivity index (χ0v) is 18.7. The molecule has 1 N–H and O–H groups in total. The van der Waals surface area contributed by atoms with Crippen LogP contribution in [0.3, 0.4) is 0 Å². The number of ether oxygens (including phenoxy) is 1. The second kappa shape index (κ2) is 7.70. The van der Waals surface area contributed by atoms with Crippen molar-refractivity contribution in [2.75, 3.05) is 11.9 Å². The summed E-state index contributed by atoms with van der Waals surface area (Å²) < 4.78 is 6.29. The summed E-state index contributed by atoms with van der Waals surface area (Å²) in [5.41, 5.74) is 3.95. The molecule has 0 saturated heterocycles. The Morgan fingerprint density at radius 3 is 2.34 bits per heavy atom. The number of hydrogen-bond donors (Lipinski definition) is 1. The number of benzene rings is 4. The van der Waals surface area contributed by atoms with Crippen LogP contribution in [0.2, 0.25) is 0 Å². The Kier molecular flexibility index (Phi) is 4.68. The van der Waals surface area contributed by atoms with E-state index in [4.69, 9.17) is 4.74 Å². The average molecular weight is 420 g/mol. The van der Waals surface area contributed by atoms with Crippen LogP contribution in [0.4, 0.5) is 5.69 Å². The van der Waals surface area contributed by atoms with Crippen LogP contribution in [0.25, 0.3) is 21.5 Å². The lowest BCUT2D eigenvalue weighted by Gasteiger charge is -2.39. The first kappa shape index (κ1) is 19.4. The van der Waals surface area contributed by atoms with Crippen molar-refractivity contribution in [3.05, 3.63) is 96.1 Å². The quantitative estimate of drug-likeness (QED) is 0.268. The highest BCUT2D eigenvalue weighted by Gasteiger charge is 2.40. The van der Waals surface area contributed by atoms with E-state index in [0.29, 0.717) is 17.8 Å². The van der Waals surface area contributed by atoms with E-state index < -0.39 is 0 Å². The molecule has 1 aliphatic carbocycles. The van der Waals surface area contributed by atoms with Gasteiger partial charge in [-0.05, 0) is 63.1 Å². The Labute approximate surface area is 189 Å². The number of anilines is 1. The first-order valence-corrected chi connectivity index (χ1v) is 11.8. The zero-order valence-electron chi connectivity index (χ0n) is 18.7. The van der Waals surface area contributed by atoms with E-state index >= 15 is 0 Å². The Hall–Kier alpha value is -3.26. The van der Waals surface area contributed by atoms with Crippen LogP contribution < -0.4 is 10.1 Å². The van der Waals surface area contributed by atoms with Crippen molar-refractivity contribution >= 4 is 27.2 Å². The molecule has 0 spiro atoms. The van der Waals surface area contributed by atoms with Crippen molar-refractivity contribution in [1.82, 2.24) is 0 Å². The number of hydrogen-bond acceptors (Lipinski definition) is 2. The van der Waals surface area contributed by atoms with Crippen molar-refractivity contribution < 1.29 is 4.74 Å². The smallest absolute Gasteiger partial charge is 0.142 e. The molecule has 0 saturated carbocycles. The molecule has 3 unspecified atom stereocenters. The van der Waals surface area contributed by atoms with E-state index in [1.165, 1.54) is 38.4 Å². The van der Waals surface area contributed by atoms with Gasteiger partial charge in [0.1, 0.15) is 5.75 Å². The summed E-state index contributed by atoms with van der Waals surface area (Å²) in [6, 6.07) is 26.7. The topological polar surface area (TPSA) is 21.3 Å². The van der Waals surface area contributed by atoms with Crippen molar-refractivity contribution in [2.24, 2.45) is 11.8 Å². The summed E-state index contributed by atoms with van der Waals surface area (Å²) in [5.74, 6) is 2.38. The van der Waals surface area contributed by atoms with Crippen LogP contribution in [-0.4, -0.2) is 6.61 Å². The minimum Gasteiger partial charge on any atom is -0.491 e. The van der Waals surface area contributed by atoms with E-state index in [9.17, 15) is 0 Å². The summed E-state index contributed by atoms with van der Waals surface area (Å²) in [5, 5.41) is 9.30. The number of para-hydroxylation sites is 1. The Balaban J connectivity index is 1.56. The van der Waals surface area contributed by atoms with Crippen LogP contribution >= 0.6 is 0 Å². The van der Waals surface area contributed by atoms with E-state index in [1.54, 1.807) is 0 Å². The second-order valence-electron chi connectivity index (χ2n) is 9.63. The fraction of sp³-hybridized carbons (Fsp3) is 0.267.